The van der Waals surface area contributed by atoms with E-state index in [1.807, 2.05) is 32.9 Å². The predicted molar refractivity (Wildman–Crippen MR) is 70.7 cm³/mol. The van der Waals surface area contributed by atoms with Crippen molar-refractivity contribution in [1.29, 1.82) is 0 Å². The number of aromatic nitrogens is 1. The Morgan fingerprint density at radius 1 is 1.42 bits per heavy atom. The van der Waals surface area contributed by atoms with Gasteiger partial charge in [0.2, 0.25) is 0 Å². The average molecular weight is 264 g/mol. The SMILES string of the molecule is CC(C)(C)OC(=O)N1CCOC(c2ccncc2)C1. The highest BCUT2D eigenvalue weighted by molar-refractivity contribution is 5.68. The first-order valence-electron chi connectivity index (χ1n) is 6.45. The molecule has 1 aliphatic heterocycles. The van der Waals surface area contributed by atoms with Gasteiger partial charge in [-0.25, -0.2) is 4.79 Å². The Morgan fingerprint density at radius 3 is 2.74 bits per heavy atom. The standard InChI is InChI=1S/C14H20N2O3/c1-14(2,3)19-13(17)16-8-9-18-12(10-16)11-4-6-15-7-5-11/h4-7,12H,8-10H2,1-3H3. The smallest absolute Gasteiger partial charge is 0.410 e. The van der Waals surface area contributed by atoms with Crippen LogP contribution in [0.2, 0.25) is 0 Å². The first-order chi connectivity index (χ1) is 8.96. The second-order valence-electron chi connectivity index (χ2n) is 5.57. The Labute approximate surface area is 113 Å². The third-order valence-electron chi connectivity index (χ3n) is 2.80. The van der Waals surface area contributed by atoms with Crippen LogP contribution in [0.3, 0.4) is 0 Å². The maximum absolute atomic E-state index is 12.0. The molecule has 1 aromatic rings. The predicted octanol–water partition coefficient (Wildman–Crippen LogP) is 2.39. The Bertz CT molecular complexity index is 428. The highest BCUT2D eigenvalue weighted by Gasteiger charge is 2.28. The van der Waals surface area contributed by atoms with Gasteiger partial charge in [-0.2, -0.15) is 0 Å². The van der Waals surface area contributed by atoms with Gasteiger partial charge in [0.05, 0.1) is 13.2 Å². The quantitative estimate of drug-likeness (QED) is 0.781. The van der Waals surface area contributed by atoms with E-state index in [4.69, 9.17) is 9.47 Å². The molecule has 0 radical (unpaired) electrons. The zero-order chi connectivity index (χ0) is 13.9. The van der Waals surface area contributed by atoms with Crippen LogP contribution in [0.15, 0.2) is 24.5 Å². The van der Waals surface area contributed by atoms with Crippen molar-refractivity contribution in [1.82, 2.24) is 9.88 Å². The van der Waals surface area contributed by atoms with Crippen LogP contribution in [-0.4, -0.2) is 41.3 Å². The first-order valence-corrected chi connectivity index (χ1v) is 6.45. The van der Waals surface area contributed by atoms with E-state index in [0.29, 0.717) is 19.7 Å². The van der Waals surface area contributed by atoms with Crippen LogP contribution >= 0.6 is 0 Å². The van der Waals surface area contributed by atoms with Gasteiger partial charge in [0.25, 0.3) is 0 Å². The zero-order valence-electron chi connectivity index (χ0n) is 11.6. The molecular weight excluding hydrogens is 244 g/mol. The number of hydrogen-bond donors (Lipinski definition) is 0. The third kappa shape index (κ3) is 3.92. The highest BCUT2D eigenvalue weighted by Crippen LogP contribution is 2.22. The topological polar surface area (TPSA) is 51.7 Å². The summed E-state index contributed by atoms with van der Waals surface area (Å²) in [5.41, 5.74) is 0.560. The molecule has 0 bridgehead atoms. The van der Waals surface area contributed by atoms with E-state index in [1.165, 1.54) is 0 Å². The van der Waals surface area contributed by atoms with Crippen molar-refractivity contribution in [2.24, 2.45) is 0 Å². The molecule has 2 rings (SSSR count). The summed E-state index contributed by atoms with van der Waals surface area (Å²) < 4.78 is 11.1. The largest absolute Gasteiger partial charge is 0.444 e. The zero-order valence-corrected chi connectivity index (χ0v) is 11.6. The van der Waals surface area contributed by atoms with E-state index in [1.54, 1.807) is 17.3 Å². The molecule has 1 amide bonds. The maximum Gasteiger partial charge on any atom is 0.410 e. The number of carbonyl (C=O) groups excluding carboxylic acids is 1. The van der Waals surface area contributed by atoms with Gasteiger partial charge in [-0.3, -0.25) is 4.98 Å². The average Bonchev–Trinajstić information content (AvgIpc) is 2.38. The van der Waals surface area contributed by atoms with Crippen LogP contribution in [0.5, 0.6) is 0 Å². The Hall–Kier alpha value is -1.62. The van der Waals surface area contributed by atoms with Crippen molar-refractivity contribution < 1.29 is 14.3 Å². The van der Waals surface area contributed by atoms with Gasteiger partial charge in [0.1, 0.15) is 11.7 Å². The normalized spacial score (nSPS) is 20.2. The second-order valence-corrected chi connectivity index (χ2v) is 5.57. The number of ether oxygens (including phenoxy) is 2. The molecule has 5 heteroatoms. The molecule has 0 saturated carbocycles. The molecule has 0 aromatic carbocycles. The van der Waals surface area contributed by atoms with Gasteiger partial charge in [-0.1, -0.05) is 0 Å². The maximum atomic E-state index is 12.0. The molecule has 1 aromatic heterocycles. The summed E-state index contributed by atoms with van der Waals surface area (Å²) in [6, 6.07) is 3.81. The van der Waals surface area contributed by atoms with Crippen molar-refractivity contribution >= 4 is 6.09 Å². The molecule has 5 nitrogen and oxygen atoms in total. The van der Waals surface area contributed by atoms with E-state index in [-0.39, 0.29) is 12.2 Å². The number of nitrogens with zero attached hydrogens (tertiary/aromatic N) is 2. The molecule has 2 heterocycles. The number of hydrogen-bond acceptors (Lipinski definition) is 4. The minimum atomic E-state index is -0.471. The number of rotatable bonds is 1. The molecule has 1 atom stereocenters. The molecular formula is C14H20N2O3. The van der Waals surface area contributed by atoms with E-state index in [2.05, 4.69) is 4.98 Å². The fourth-order valence-corrected chi connectivity index (χ4v) is 1.92. The number of carbonyl (C=O) groups is 1. The lowest BCUT2D eigenvalue weighted by Gasteiger charge is -2.34. The molecule has 0 N–H and O–H groups in total. The molecule has 1 aliphatic rings. The fraction of sp³-hybridized carbons (Fsp3) is 0.571. The van der Waals surface area contributed by atoms with Crippen molar-refractivity contribution in [2.45, 2.75) is 32.5 Å². The first kappa shape index (κ1) is 13.8. The van der Waals surface area contributed by atoms with Crippen LogP contribution in [0.4, 0.5) is 4.79 Å². The van der Waals surface area contributed by atoms with Crippen LogP contribution in [0.1, 0.15) is 32.4 Å². The summed E-state index contributed by atoms with van der Waals surface area (Å²) in [4.78, 5) is 17.7. The van der Waals surface area contributed by atoms with Crippen LogP contribution in [-0.2, 0) is 9.47 Å². The Morgan fingerprint density at radius 2 is 2.11 bits per heavy atom. The van der Waals surface area contributed by atoms with Gasteiger partial charge < -0.3 is 14.4 Å². The molecule has 1 unspecified atom stereocenters. The van der Waals surface area contributed by atoms with Gasteiger partial charge >= 0.3 is 6.09 Å². The van der Waals surface area contributed by atoms with Crippen molar-refractivity contribution in [3.63, 3.8) is 0 Å². The number of morpholine rings is 1. The van der Waals surface area contributed by atoms with E-state index >= 15 is 0 Å². The van der Waals surface area contributed by atoms with Crippen molar-refractivity contribution in [2.75, 3.05) is 19.7 Å². The van der Waals surface area contributed by atoms with Gasteiger partial charge in [-0.05, 0) is 38.5 Å². The van der Waals surface area contributed by atoms with Crippen LogP contribution in [0, 0.1) is 0 Å². The molecule has 0 aliphatic carbocycles. The van der Waals surface area contributed by atoms with Crippen molar-refractivity contribution in [3.8, 4) is 0 Å². The summed E-state index contributed by atoms with van der Waals surface area (Å²) in [7, 11) is 0. The minimum Gasteiger partial charge on any atom is -0.444 e. The van der Waals surface area contributed by atoms with E-state index < -0.39 is 5.60 Å². The summed E-state index contributed by atoms with van der Waals surface area (Å²) in [6.45, 7) is 7.20. The van der Waals surface area contributed by atoms with Crippen LogP contribution in [0.25, 0.3) is 0 Å². The van der Waals surface area contributed by atoms with Crippen molar-refractivity contribution in [3.05, 3.63) is 30.1 Å². The van der Waals surface area contributed by atoms with Gasteiger partial charge in [0.15, 0.2) is 0 Å². The summed E-state index contributed by atoms with van der Waals surface area (Å²) in [5.74, 6) is 0. The van der Waals surface area contributed by atoms with E-state index in [9.17, 15) is 4.79 Å². The Balaban J connectivity index is 2.00. The fourth-order valence-electron chi connectivity index (χ4n) is 1.92. The lowest BCUT2D eigenvalue weighted by Crippen LogP contribution is -2.44. The lowest BCUT2D eigenvalue weighted by atomic mass is 10.1. The monoisotopic (exact) mass is 264 g/mol. The lowest BCUT2D eigenvalue weighted by molar-refractivity contribution is -0.0433. The summed E-state index contributed by atoms with van der Waals surface area (Å²) in [5, 5.41) is 0. The molecule has 1 fully saturated rings. The summed E-state index contributed by atoms with van der Waals surface area (Å²) >= 11 is 0. The highest BCUT2D eigenvalue weighted by atomic mass is 16.6. The second kappa shape index (κ2) is 5.57. The third-order valence-corrected chi connectivity index (χ3v) is 2.80. The van der Waals surface area contributed by atoms with Crippen LogP contribution < -0.4 is 0 Å². The van der Waals surface area contributed by atoms with Gasteiger partial charge in [-0.15, -0.1) is 0 Å². The molecule has 0 spiro atoms. The van der Waals surface area contributed by atoms with E-state index in [0.717, 1.165) is 5.56 Å². The number of pyridine rings is 1. The molecule has 1 saturated heterocycles. The molecule has 19 heavy (non-hydrogen) atoms. The summed E-state index contributed by atoms with van der Waals surface area (Å²) in [6.07, 6.45) is 3.06. The minimum absolute atomic E-state index is 0.107. The molecule has 104 valence electrons. The Kier molecular flexibility index (Phi) is 4.04. The number of amides is 1. The van der Waals surface area contributed by atoms with Gasteiger partial charge in [0, 0.05) is 18.9 Å².